The minimum atomic E-state index is -0.529. The molecule has 6 heteroatoms. The lowest BCUT2D eigenvalue weighted by atomic mass is 10.3. The fourth-order valence-corrected chi connectivity index (χ4v) is 1.31. The Hall–Kier alpha value is -2.94. The summed E-state index contributed by atoms with van der Waals surface area (Å²) in [6, 6.07) is 10.9. The van der Waals surface area contributed by atoms with Gasteiger partial charge in [0.25, 0.3) is 0 Å². The summed E-state index contributed by atoms with van der Waals surface area (Å²) in [5.41, 5.74) is 0.258. The van der Waals surface area contributed by atoms with Gasteiger partial charge >= 0.3 is 5.69 Å². The Bertz CT molecular complexity index is 617. The number of hydrogen-bond donors (Lipinski definition) is 0. The van der Waals surface area contributed by atoms with Crippen molar-refractivity contribution in [3.63, 3.8) is 0 Å². The van der Waals surface area contributed by atoms with E-state index in [2.05, 4.69) is 4.98 Å². The summed E-state index contributed by atoms with van der Waals surface area (Å²) in [6.45, 7) is 0. The molecule has 0 radical (unpaired) electrons. The van der Waals surface area contributed by atoms with Gasteiger partial charge in [-0.3, -0.25) is 10.1 Å². The maximum atomic E-state index is 10.8. The first-order valence-corrected chi connectivity index (χ1v) is 4.98. The number of nitro groups is 1. The molecule has 0 aliphatic rings. The van der Waals surface area contributed by atoms with Gasteiger partial charge in [0.05, 0.1) is 10.5 Å². The van der Waals surface area contributed by atoms with E-state index < -0.39 is 4.92 Å². The van der Waals surface area contributed by atoms with Crippen LogP contribution in [-0.4, -0.2) is 9.91 Å². The fraction of sp³-hybridized carbons (Fsp3) is 0. The summed E-state index contributed by atoms with van der Waals surface area (Å²) in [4.78, 5) is 14.1. The molecule has 1 aromatic heterocycles. The van der Waals surface area contributed by atoms with Crippen molar-refractivity contribution in [1.29, 1.82) is 5.26 Å². The Morgan fingerprint density at radius 2 is 2.06 bits per heavy atom. The van der Waals surface area contributed by atoms with Crippen LogP contribution in [0.25, 0.3) is 0 Å². The number of para-hydroxylation sites is 2. The summed E-state index contributed by atoms with van der Waals surface area (Å²) in [6.07, 6.45) is 1.34. The van der Waals surface area contributed by atoms with Crippen molar-refractivity contribution in [3.8, 4) is 17.7 Å². The molecule has 0 spiro atoms. The second kappa shape index (κ2) is 4.93. The average Bonchev–Trinajstić information content (AvgIpc) is 2.40. The summed E-state index contributed by atoms with van der Waals surface area (Å²) >= 11 is 0. The predicted octanol–water partition coefficient (Wildman–Crippen LogP) is 2.65. The van der Waals surface area contributed by atoms with E-state index in [0.29, 0.717) is 5.56 Å². The number of nitriles is 1. The summed E-state index contributed by atoms with van der Waals surface area (Å²) in [5, 5.41) is 19.4. The third-order valence-corrected chi connectivity index (χ3v) is 2.14. The van der Waals surface area contributed by atoms with Gasteiger partial charge in [-0.15, -0.1) is 0 Å². The van der Waals surface area contributed by atoms with Gasteiger partial charge in [0.15, 0.2) is 0 Å². The molecule has 88 valence electrons. The monoisotopic (exact) mass is 241 g/mol. The van der Waals surface area contributed by atoms with Crippen molar-refractivity contribution < 1.29 is 9.66 Å². The predicted molar refractivity (Wildman–Crippen MR) is 62.1 cm³/mol. The van der Waals surface area contributed by atoms with E-state index in [4.69, 9.17) is 10.00 Å². The maximum absolute atomic E-state index is 10.8. The lowest BCUT2D eigenvalue weighted by Crippen LogP contribution is -1.94. The first-order chi connectivity index (χ1) is 8.70. The zero-order valence-corrected chi connectivity index (χ0v) is 9.11. The lowest BCUT2D eigenvalue weighted by molar-refractivity contribution is -0.385. The summed E-state index contributed by atoms with van der Waals surface area (Å²) in [5.74, 6) is 0.308. The van der Waals surface area contributed by atoms with E-state index in [-0.39, 0.29) is 17.3 Å². The van der Waals surface area contributed by atoms with Gasteiger partial charge in [-0.25, -0.2) is 4.98 Å². The van der Waals surface area contributed by atoms with Crippen LogP contribution in [0, 0.1) is 21.4 Å². The Morgan fingerprint density at radius 1 is 1.28 bits per heavy atom. The van der Waals surface area contributed by atoms with Crippen LogP contribution < -0.4 is 4.74 Å². The smallest absolute Gasteiger partial charge is 0.311 e. The third-order valence-electron chi connectivity index (χ3n) is 2.14. The first kappa shape index (κ1) is 11.5. The third kappa shape index (κ3) is 2.41. The van der Waals surface area contributed by atoms with E-state index in [1.807, 2.05) is 6.07 Å². The van der Waals surface area contributed by atoms with Crippen LogP contribution in [0.3, 0.4) is 0 Å². The molecule has 1 aromatic carbocycles. The maximum Gasteiger partial charge on any atom is 0.311 e. The Labute approximate surface area is 102 Å². The van der Waals surface area contributed by atoms with Crippen LogP contribution >= 0.6 is 0 Å². The first-order valence-electron chi connectivity index (χ1n) is 4.98. The summed E-state index contributed by atoms with van der Waals surface area (Å²) < 4.78 is 5.31. The molecule has 2 aromatic rings. The van der Waals surface area contributed by atoms with Gasteiger partial charge in [0.2, 0.25) is 11.6 Å². The Kier molecular flexibility index (Phi) is 3.16. The molecule has 0 fully saturated rings. The second-order valence-corrected chi connectivity index (χ2v) is 3.32. The molecule has 0 aliphatic heterocycles. The van der Waals surface area contributed by atoms with Crippen molar-refractivity contribution >= 4 is 5.69 Å². The minimum absolute atomic E-state index is 0.111. The highest BCUT2D eigenvalue weighted by atomic mass is 16.6. The zero-order chi connectivity index (χ0) is 13.0. The molecule has 0 N–H and O–H groups in total. The molecular weight excluding hydrogens is 234 g/mol. The topological polar surface area (TPSA) is 89.0 Å². The quantitative estimate of drug-likeness (QED) is 0.608. The number of rotatable bonds is 3. The van der Waals surface area contributed by atoms with Crippen LogP contribution in [0.5, 0.6) is 11.6 Å². The van der Waals surface area contributed by atoms with Crippen LogP contribution in [0.2, 0.25) is 0 Å². The lowest BCUT2D eigenvalue weighted by Gasteiger charge is -2.04. The average molecular weight is 241 g/mol. The number of ether oxygens (including phenoxy) is 1. The van der Waals surface area contributed by atoms with Crippen LogP contribution in [0.4, 0.5) is 5.69 Å². The van der Waals surface area contributed by atoms with Gasteiger partial charge in [-0.2, -0.15) is 5.26 Å². The number of aromatic nitrogens is 1. The highest BCUT2D eigenvalue weighted by molar-refractivity contribution is 5.47. The molecule has 18 heavy (non-hydrogen) atoms. The van der Waals surface area contributed by atoms with Crippen molar-refractivity contribution in [3.05, 3.63) is 58.3 Å². The molecule has 0 amide bonds. The number of hydrogen-bond acceptors (Lipinski definition) is 5. The molecule has 2 rings (SSSR count). The second-order valence-electron chi connectivity index (χ2n) is 3.32. The fourth-order valence-electron chi connectivity index (χ4n) is 1.31. The van der Waals surface area contributed by atoms with E-state index in [1.54, 1.807) is 12.1 Å². The molecular formula is C12H7N3O3. The number of benzene rings is 1. The van der Waals surface area contributed by atoms with E-state index >= 15 is 0 Å². The normalized spacial score (nSPS) is 9.50. The van der Waals surface area contributed by atoms with E-state index in [1.165, 1.54) is 30.5 Å². The van der Waals surface area contributed by atoms with Crippen molar-refractivity contribution in [2.75, 3.05) is 0 Å². The SMILES string of the molecule is N#Cc1ccc(Oc2ccccc2[N+](=O)[O-])nc1. The van der Waals surface area contributed by atoms with Gasteiger partial charge < -0.3 is 4.74 Å². The minimum Gasteiger partial charge on any atom is -0.432 e. The number of nitro benzene ring substituents is 1. The largest absolute Gasteiger partial charge is 0.432 e. The number of pyridine rings is 1. The Morgan fingerprint density at radius 3 is 2.67 bits per heavy atom. The van der Waals surface area contributed by atoms with E-state index in [0.717, 1.165) is 0 Å². The molecule has 0 aliphatic carbocycles. The molecule has 1 heterocycles. The number of nitrogens with zero attached hydrogens (tertiary/aromatic N) is 3. The van der Waals surface area contributed by atoms with Gasteiger partial charge in [0.1, 0.15) is 6.07 Å². The Balaban J connectivity index is 2.28. The molecule has 0 saturated carbocycles. The highest BCUT2D eigenvalue weighted by Gasteiger charge is 2.14. The van der Waals surface area contributed by atoms with Crippen LogP contribution in [-0.2, 0) is 0 Å². The van der Waals surface area contributed by atoms with Gasteiger partial charge in [-0.1, -0.05) is 12.1 Å². The van der Waals surface area contributed by atoms with Crippen LogP contribution in [0.1, 0.15) is 5.56 Å². The molecule has 0 bridgehead atoms. The van der Waals surface area contributed by atoms with Gasteiger partial charge in [-0.05, 0) is 12.1 Å². The molecule has 0 atom stereocenters. The van der Waals surface area contributed by atoms with Crippen molar-refractivity contribution in [1.82, 2.24) is 4.98 Å². The van der Waals surface area contributed by atoms with Crippen molar-refractivity contribution in [2.45, 2.75) is 0 Å². The van der Waals surface area contributed by atoms with Crippen LogP contribution in [0.15, 0.2) is 42.6 Å². The molecule has 0 saturated heterocycles. The summed E-state index contributed by atoms with van der Waals surface area (Å²) in [7, 11) is 0. The van der Waals surface area contributed by atoms with Gasteiger partial charge in [0, 0.05) is 18.3 Å². The standard InChI is InChI=1S/C12H7N3O3/c13-7-9-5-6-12(14-8-9)18-11-4-2-1-3-10(11)15(16)17/h1-6,8H. The molecule has 0 unspecified atom stereocenters. The zero-order valence-electron chi connectivity index (χ0n) is 9.11. The van der Waals surface area contributed by atoms with E-state index in [9.17, 15) is 10.1 Å². The molecule has 6 nitrogen and oxygen atoms in total. The van der Waals surface area contributed by atoms with Crippen molar-refractivity contribution in [2.24, 2.45) is 0 Å². The highest BCUT2D eigenvalue weighted by Crippen LogP contribution is 2.29.